The van der Waals surface area contributed by atoms with Gasteiger partial charge in [-0.3, -0.25) is 14.4 Å². The number of carbonyl (C=O) groups excluding carboxylic acids is 3. The number of hydrogen-bond donors (Lipinski definition) is 0. The fraction of sp³-hybridized carbons (Fsp3) is 0.864. The van der Waals surface area contributed by atoms with E-state index in [1.165, 1.54) is 14.0 Å². The maximum Gasteiger partial charge on any atom is 0.303 e. The highest BCUT2D eigenvalue weighted by Gasteiger charge is 2.58. The first kappa shape index (κ1) is 29.0. The van der Waals surface area contributed by atoms with Crippen molar-refractivity contribution in [1.29, 1.82) is 0 Å². The van der Waals surface area contributed by atoms with Crippen molar-refractivity contribution in [2.45, 2.75) is 109 Å². The molecular weight excluding hydrogens is 498 g/mol. The zero-order valence-electron chi connectivity index (χ0n) is 21.7. The Balaban J connectivity index is 1.96. The van der Waals surface area contributed by atoms with Gasteiger partial charge >= 0.3 is 17.9 Å². The molecule has 208 valence electrons. The molecule has 0 unspecified atom stereocenters. The summed E-state index contributed by atoms with van der Waals surface area (Å²) in [5.41, 5.74) is 9.29. The fourth-order valence-electron chi connectivity index (χ4n) is 4.63. The first-order chi connectivity index (χ1) is 17.4. The van der Waals surface area contributed by atoms with Gasteiger partial charge in [-0.05, 0) is 26.3 Å². The van der Waals surface area contributed by atoms with Gasteiger partial charge in [-0.1, -0.05) is 5.11 Å². The van der Waals surface area contributed by atoms with Crippen molar-refractivity contribution in [3.63, 3.8) is 0 Å². The van der Waals surface area contributed by atoms with Gasteiger partial charge in [0.25, 0.3) is 0 Å². The van der Waals surface area contributed by atoms with E-state index in [1.807, 2.05) is 0 Å². The fourth-order valence-corrected chi connectivity index (χ4v) is 4.63. The molecule has 0 aromatic heterocycles. The number of methoxy groups -OCH3 is 1. The molecule has 10 atom stereocenters. The van der Waals surface area contributed by atoms with Crippen LogP contribution in [0.4, 0.5) is 0 Å². The Kier molecular flexibility index (Phi) is 9.34. The van der Waals surface area contributed by atoms with Gasteiger partial charge in [-0.15, -0.1) is 0 Å². The van der Waals surface area contributed by atoms with E-state index >= 15 is 0 Å². The summed E-state index contributed by atoms with van der Waals surface area (Å²) < 4.78 is 51.5. The Morgan fingerprint density at radius 3 is 2.11 bits per heavy atom. The summed E-state index contributed by atoms with van der Waals surface area (Å²) in [5, 5.41) is 3.74. The number of carbonyl (C=O) groups is 3. The molecule has 15 nitrogen and oxygen atoms in total. The Bertz CT molecular complexity index is 909. The van der Waals surface area contributed by atoms with Gasteiger partial charge in [0, 0.05) is 32.8 Å². The quantitative estimate of drug-likeness (QED) is 0.143. The molecule has 0 aromatic carbocycles. The molecule has 0 spiro atoms. The van der Waals surface area contributed by atoms with Crippen LogP contribution >= 0.6 is 0 Å². The molecule has 0 bridgehead atoms. The van der Waals surface area contributed by atoms with Crippen molar-refractivity contribution in [3.8, 4) is 0 Å². The van der Waals surface area contributed by atoms with Crippen molar-refractivity contribution in [2.75, 3.05) is 13.7 Å². The minimum absolute atomic E-state index is 0.366. The van der Waals surface area contributed by atoms with Gasteiger partial charge in [0.05, 0.1) is 6.10 Å². The lowest BCUT2D eigenvalue weighted by atomic mass is 9.95. The molecule has 3 saturated heterocycles. The average molecular weight is 532 g/mol. The number of ether oxygens (including phenoxy) is 9. The third-order valence-electron chi connectivity index (χ3n) is 5.95. The van der Waals surface area contributed by atoms with Crippen molar-refractivity contribution in [3.05, 3.63) is 10.4 Å². The van der Waals surface area contributed by atoms with Gasteiger partial charge in [0.2, 0.25) is 0 Å². The van der Waals surface area contributed by atoms with Gasteiger partial charge < -0.3 is 42.6 Å². The van der Waals surface area contributed by atoms with Gasteiger partial charge in [-0.25, -0.2) is 0 Å². The van der Waals surface area contributed by atoms with Gasteiger partial charge in [0.15, 0.2) is 30.6 Å². The Morgan fingerprint density at radius 2 is 1.54 bits per heavy atom. The van der Waals surface area contributed by atoms with E-state index in [1.54, 1.807) is 20.8 Å². The maximum absolute atomic E-state index is 12.0. The van der Waals surface area contributed by atoms with E-state index in [4.69, 9.17) is 42.6 Å². The van der Waals surface area contributed by atoms with Crippen LogP contribution < -0.4 is 0 Å². The molecule has 0 N–H and O–H groups in total. The normalized spacial score (nSPS) is 38.6. The lowest BCUT2D eigenvalue weighted by Crippen LogP contribution is -2.64. The molecule has 3 heterocycles. The predicted octanol–water partition coefficient (Wildman–Crippen LogP) is 1.11. The summed E-state index contributed by atoms with van der Waals surface area (Å²) in [6, 6.07) is -1.30. The van der Waals surface area contributed by atoms with Gasteiger partial charge in [0.1, 0.15) is 37.1 Å². The van der Waals surface area contributed by atoms with Crippen LogP contribution in [0.2, 0.25) is 0 Å². The van der Waals surface area contributed by atoms with Crippen LogP contribution in [-0.2, 0) is 57.0 Å². The molecule has 0 radical (unpaired) electrons. The lowest BCUT2D eigenvalue weighted by Gasteiger charge is -2.46. The number of esters is 3. The Labute approximate surface area is 213 Å². The zero-order chi connectivity index (χ0) is 27.5. The first-order valence-corrected chi connectivity index (χ1v) is 11.7. The highest BCUT2D eigenvalue weighted by Crippen LogP contribution is 2.40. The van der Waals surface area contributed by atoms with Crippen molar-refractivity contribution in [1.82, 2.24) is 0 Å². The molecule has 3 rings (SSSR count). The summed E-state index contributed by atoms with van der Waals surface area (Å²) >= 11 is 0. The van der Waals surface area contributed by atoms with E-state index in [2.05, 4.69) is 10.0 Å². The molecule has 3 fully saturated rings. The van der Waals surface area contributed by atoms with Crippen LogP contribution in [0.1, 0.15) is 41.5 Å². The van der Waals surface area contributed by atoms with Crippen LogP contribution in [0, 0.1) is 0 Å². The summed E-state index contributed by atoms with van der Waals surface area (Å²) in [7, 11) is 1.48. The molecule has 0 aliphatic carbocycles. The third kappa shape index (κ3) is 6.87. The second-order valence-electron chi connectivity index (χ2n) is 9.30. The summed E-state index contributed by atoms with van der Waals surface area (Å²) in [5.74, 6) is -3.06. The Morgan fingerprint density at radius 1 is 0.919 bits per heavy atom. The zero-order valence-corrected chi connectivity index (χ0v) is 21.7. The average Bonchev–Trinajstić information content (AvgIpc) is 3.12. The lowest BCUT2D eigenvalue weighted by molar-refractivity contribution is -0.326. The molecule has 0 saturated carbocycles. The first-order valence-electron chi connectivity index (χ1n) is 11.7. The second-order valence-corrected chi connectivity index (χ2v) is 9.30. The van der Waals surface area contributed by atoms with Crippen molar-refractivity contribution in [2.24, 2.45) is 5.11 Å². The third-order valence-corrected chi connectivity index (χ3v) is 5.95. The number of rotatable bonds is 8. The minimum Gasteiger partial charge on any atom is -0.463 e. The smallest absolute Gasteiger partial charge is 0.303 e. The highest BCUT2D eigenvalue weighted by atomic mass is 16.8. The van der Waals surface area contributed by atoms with Crippen LogP contribution in [0.25, 0.3) is 10.4 Å². The monoisotopic (exact) mass is 531 g/mol. The van der Waals surface area contributed by atoms with Crippen LogP contribution in [0.5, 0.6) is 0 Å². The minimum atomic E-state index is -1.35. The van der Waals surface area contributed by atoms with E-state index in [9.17, 15) is 19.9 Å². The van der Waals surface area contributed by atoms with Crippen LogP contribution in [-0.4, -0.2) is 98.8 Å². The molecule has 0 amide bonds. The summed E-state index contributed by atoms with van der Waals surface area (Å²) in [6.07, 6.45) is -8.57. The number of hydrogen-bond acceptors (Lipinski definition) is 13. The standard InChI is InChI=1S/C22H33N3O12/c1-9-15(18-19(21(29-7)31-9)37-22(5,6)36-18)35-20-14(24-25-23)17(33-12(4)28)16(32-11(3)27)13(34-20)8-30-10(2)26/h9,13-21H,8H2,1-7H3/t9-,13+,14+,15-,16-,17+,18+,19+,20-,21+/m0/s1. The molecular formula is C22H33N3O12. The van der Waals surface area contributed by atoms with E-state index < -0.39 is 85.0 Å². The van der Waals surface area contributed by atoms with E-state index in [-0.39, 0.29) is 6.61 Å². The second kappa shape index (κ2) is 11.9. The topological polar surface area (TPSA) is 183 Å². The molecule has 0 aromatic rings. The molecule has 37 heavy (non-hydrogen) atoms. The summed E-state index contributed by atoms with van der Waals surface area (Å²) in [4.78, 5) is 38.2. The van der Waals surface area contributed by atoms with Crippen molar-refractivity contribution < 1.29 is 57.0 Å². The van der Waals surface area contributed by atoms with E-state index in [0.29, 0.717) is 0 Å². The number of fused-ring (bicyclic) bond motifs is 1. The number of nitrogens with zero attached hydrogens (tertiary/aromatic N) is 3. The SMILES string of the molecule is CO[C@@H]1O[C@@H](C)[C@H](O[C@@H]2O[C@H](COC(C)=O)[C@H](OC(C)=O)[C@H](OC(C)=O)[C@H]2N=[N+]=[N-])[C@H]2OC(C)(C)O[C@@H]12. The van der Waals surface area contributed by atoms with Crippen LogP contribution in [0.3, 0.4) is 0 Å². The summed E-state index contributed by atoms with van der Waals surface area (Å²) in [6.45, 7) is 8.30. The van der Waals surface area contributed by atoms with Crippen LogP contribution in [0.15, 0.2) is 5.11 Å². The van der Waals surface area contributed by atoms with Gasteiger partial charge in [-0.2, -0.15) is 0 Å². The predicted molar refractivity (Wildman–Crippen MR) is 119 cm³/mol. The molecule has 15 heteroatoms. The highest BCUT2D eigenvalue weighted by molar-refractivity contribution is 5.68. The van der Waals surface area contributed by atoms with Crippen molar-refractivity contribution >= 4 is 17.9 Å². The molecule has 3 aliphatic rings. The maximum atomic E-state index is 12.0. The van der Waals surface area contributed by atoms with E-state index in [0.717, 1.165) is 13.8 Å². The number of azide groups is 1. The largest absolute Gasteiger partial charge is 0.463 e. The molecule has 3 aliphatic heterocycles. The Hall–Kier alpha value is -2.52.